The van der Waals surface area contributed by atoms with Crippen molar-refractivity contribution in [1.82, 2.24) is 15.6 Å². The van der Waals surface area contributed by atoms with Crippen LogP contribution in [0, 0.1) is 5.92 Å². The first-order valence-corrected chi connectivity index (χ1v) is 8.53. The molecule has 0 spiro atoms. The largest absolute Gasteiger partial charge is 0.357 e. The molecule has 2 aliphatic heterocycles. The lowest BCUT2D eigenvalue weighted by molar-refractivity contribution is 0.0950. The second-order valence-electron chi connectivity index (χ2n) is 6.36. The number of carbonyl (C=O) groups is 1. The normalized spacial score (nSPS) is 20.0. The minimum absolute atomic E-state index is 0. The van der Waals surface area contributed by atoms with Crippen LogP contribution in [0.2, 0.25) is 0 Å². The first kappa shape index (κ1) is 21.0. The molecule has 7 heteroatoms. The predicted octanol–water partition coefficient (Wildman–Crippen LogP) is 2.64. The molecule has 2 fully saturated rings. The maximum atomic E-state index is 12.1. The minimum atomic E-state index is -0.00996. The fourth-order valence-electron chi connectivity index (χ4n) is 3.32. The van der Waals surface area contributed by atoms with Crippen LogP contribution in [0.25, 0.3) is 0 Å². The van der Waals surface area contributed by atoms with Crippen LogP contribution in [0.3, 0.4) is 0 Å². The first-order chi connectivity index (χ1) is 10.8. The van der Waals surface area contributed by atoms with E-state index in [0.29, 0.717) is 11.5 Å². The molecule has 0 bridgehead atoms. The molecule has 1 atom stereocenters. The van der Waals surface area contributed by atoms with Crippen molar-refractivity contribution in [2.45, 2.75) is 32.1 Å². The van der Waals surface area contributed by atoms with Crippen LogP contribution in [0.15, 0.2) is 18.3 Å². The summed E-state index contributed by atoms with van der Waals surface area (Å²) in [6.07, 6.45) is 7.75. The fraction of sp³-hybridized carbons (Fsp3) is 0.647. The van der Waals surface area contributed by atoms with Gasteiger partial charge < -0.3 is 15.5 Å². The van der Waals surface area contributed by atoms with Gasteiger partial charge in [0, 0.05) is 25.8 Å². The van der Waals surface area contributed by atoms with Crippen LogP contribution in [0.4, 0.5) is 5.82 Å². The van der Waals surface area contributed by atoms with Gasteiger partial charge in [0.1, 0.15) is 5.82 Å². The molecule has 3 rings (SSSR count). The lowest BCUT2D eigenvalue weighted by Crippen LogP contribution is -2.33. The quantitative estimate of drug-likeness (QED) is 0.831. The van der Waals surface area contributed by atoms with Gasteiger partial charge in [-0.1, -0.05) is 0 Å². The summed E-state index contributed by atoms with van der Waals surface area (Å²) in [5.41, 5.74) is 0.657. The summed E-state index contributed by atoms with van der Waals surface area (Å²) in [4.78, 5) is 18.8. The second kappa shape index (κ2) is 10.7. The first-order valence-electron chi connectivity index (χ1n) is 8.53. The minimum Gasteiger partial charge on any atom is -0.357 e. The summed E-state index contributed by atoms with van der Waals surface area (Å²) >= 11 is 0. The van der Waals surface area contributed by atoms with Crippen LogP contribution < -0.4 is 15.5 Å². The number of rotatable bonds is 5. The molecule has 0 radical (unpaired) electrons. The van der Waals surface area contributed by atoms with Crippen molar-refractivity contribution in [3.63, 3.8) is 0 Å². The smallest absolute Gasteiger partial charge is 0.252 e. The Hall–Kier alpha value is -1.04. The molecule has 24 heavy (non-hydrogen) atoms. The molecule has 1 aromatic rings. The summed E-state index contributed by atoms with van der Waals surface area (Å²) < 4.78 is 0. The molecule has 2 saturated heterocycles. The lowest BCUT2D eigenvalue weighted by atomic mass is 9.96. The number of amides is 1. The van der Waals surface area contributed by atoms with Gasteiger partial charge in [0.05, 0.1) is 5.56 Å². The van der Waals surface area contributed by atoms with E-state index >= 15 is 0 Å². The van der Waals surface area contributed by atoms with E-state index in [1.165, 1.54) is 25.7 Å². The Morgan fingerprint density at radius 3 is 2.67 bits per heavy atom. The van der Waals surface area contributed by atoms with Gasteiger partial charge in [0.15, 0.2) is 0 Å². The molecule has 1 unspecified atom stereocenters. The zero-order valence-electron chi connectivity index (χ0n) is 14.0. The number of piperidine rings is 1. The number of hydrogen-bond donors (Lipinski definition) is 2. The third-order valence-electron chi connectivity index (χ3n) is 4.68. The maximum Gasteiger partial charge on any atom is 0.252 e. The van der Waals surface area contributed by atoms with Gasteiger partial charge in [0.2, 0.25) is 0 Å². The molecular formula is C17H28Cl2N4O. The average Bonchev–Trinajstić information content (AvgIpc) is 3.10. The molecule has 5 nitrogen and oxygen atoms in total. The predicted molar refractivity (Wildman–Crippen MR) is 103 cm³/mol. The summed E-state index contributed by atoms with van der Waals surface area (Å²) in [5.74, 6) is 1.68. The Bertz CT molecular complexity index is 486. The fourth-order valence-corrected chi connectivity index (χ4v) is 3.32. The molecule has 0 aromatic carbocycles. The third-order valence-corrected chi connectivity index (χ3v) is 4.68. The summed E-state index contributed by atoms with van der Waals surface area (Å²) in [7, 11) is 0. The molecular weight excluding hydrogens is 347 g/mol. The third kappa shape index (κ3) is 5.80. The van der Waals surface area contributed by atoms with Crippen LogP contribution in [-0.2, 0) is 0 Å². The monoisotopic (exact) mass is 374 g/mol. The molecule has 2 aliphatic rings. The van der Waals surface area contributed by atoms with E-state index in [2.05, 4.69) is 20.5 Å². The molecule has 1 amide bonds. The highest BCUT2D eigenvalue weighted by Gasteiger charge is 2.15. The van der Waals surface area contributed by atoms with E-state index in [-0.39, 0.29) is 30.7 Å². The van der Waals surface area contributed by atoms with Gasteiger partial charge in [-0.3, -0.25) is 4.79 Å². The van der Waals surface area contributed by atoms with Crippen LogP contribution in [0.1, 0.15) is 42.5 Å². The Morgan fingerprint density at radius 2 is 2.04 bits per heavy atom. The number of halogens is 2. The van der Waals surface area contributed by atoms with Crippen LogP contribution >= 0.6 is 24.8 Å². The highest BCUT2D eigenvalue weighted by Crippen LogP contribution is 2.17. The van der Waals surface area contributed by atoms with Gasteiger partial charge in [-0.15, -0.1) is 24.8 Å². The molecule has 3 heterocycles. The van der Waals surface area contributed by atoms with Gasteiger partial charge in [-0.05, 0) is 63.2 Å². The van der Waals surface area contributed by atoms with Crippen molar-refractivity contribution >= 4 is 36.5 Å². The summed E-state index contributed by atoms with van der Waals surface area (Å²) in [6, 6.07) is 3.85. The highest BCUT2D eigenvalue weighted by molar-refractivity contribution is 5.94. The zero-order chi connectivity index (χ0) is 15.2. The standard InChI is InChI=1S/C17H26N4O.2ClH/c22-17(19-9-7-14-4-3-8-18-12-14)15-5-6-16(20-13-15)21-10-1-2-11-21;;/h5-6,13-14,18H,1-4,7-12H2,(H,19,22);2*1H. The summed E-state index contributed by atoms with van der Waals surface area (Å²) in [6.45, 7) is 5.13. The topological polar surface area (TPSA) is 57.3 Å². The maximum absolute atomic E-state index is 12.1. The molecule has 136 valence electrons. The van der Waals surface area contributed by atoms with E-state index in [1.54, 1.807) is 6.20 Å². The second-order valence-corrected chi connectivity index (χ2v) is 6.36. The van der Waals surface area contributed by atoms with Crippen molar-refractivity contribution in [3.05, 3.63) is 23.9 Å². The number of nitrogens with one attached hydrogen (secondary N) is 2. The molecule has 0 saturated carbocycles. The van der Waals surface area contributed by atoms with Gasteiger partial charge in [-0.25, -0.2) is 4.98 Å². The van der Waals surface area contributed by atoms with Gasteiger partial charge >= 0.3 is 0 Å². The van der Waals surface area contributed by atoms with Crippen molar-refractivity contribution in [2.75, 3.05) is 37.6 Å². The Kier molecular flexibility index (Phi) is 9.41. The van der Waals surface area contributed by atoms with E-state index < -0.39 is 0 Å². The van der Waals surface area contributed by atoms with Crippen LogP contribution in [-0.4, -0.2) is 43.6 Å². The van der Waals surface area contributed by atoms with Crippen molar-refractivity contribution < 1.29 is 4.79 Å². The Balaban J connectivity index is 0.00000144. The van der Waals surface area contributed by atoms with Crippen LogP contribution in [0.5, 0.6) is 0 Å². The molecule has 2 N–H and O–H groups in total. The number of aromatic nitrogens is 1. The van der Waals surface area contributed by atoms with E-state index in [1.807, 2.05) is 12.1 Å². The number of nitrogens with zero attached hydrogens (tertiary/aromatic N) is 2. The molecule has 0 aliphatic carbocycles. The highest BCUT2D eigenvalue weighted by atomic mass is 35.5. The lowest BCUT2D eigenvalue weighted by Gasteiger charge is -2.22. The number of anilines is 1. The Labute approximate surface area is 156 Å². The average molecular weight is 375 g/mol. The zero-order valence-corrected chi connectivity index (χ0v) is 15.6. The SMILES string of the molecule is Cl.Cl.O=C(NCCC1CCCNC1)c1ccc(N2CCCC2)nc1. The van der Waals surface area contributed by atoms with E-state index in [4.69, 9.17) is 0 Å². The van der Waals surface area contributed by atoms with Crippen molar-refractivity contribution in [1.29, 1.82) is 0 Å². The Morgan fingerprint density at radius 1 is 1.25 bits per heavy atom. The van der Waals surface area contributed by atoms with E-state index in [0.717, 1.165) is 45.0 Å². The van der Waals surface area contributed by atoms with Crippen molar-refractivity contribution in [2.24, 2.45) is 5.92 Å². The summed E-state index contributed by atoms with van der Waals surface area (Å²) in [5, 5.41) is 6.43. The van der Waals surface area contributed by atoms with Gasteiger partial charge in [0.25, 0.3) is 5.91 Å². The van der Waals surface area contributed by atoms with Crippen molar-refractivity contribution in [3.8, 4) is 0 Å². The van der Waals surface area contributed by atoms with Gasteiger partial charge in [-0.2, -0.15) is 0 Å². The van der Waals surface area contributed by atoms with E-state index in [9.17, 15) is 4.79 Å². The molecule has 1 aromatic heterocycles. The number of pyridine rings is 1. The number of carbonyl (C=O) groups excluding carboxylic acids is 1. The number of hydrogen-bond acceptors (Lipinski definition) is 4.